The summed E-state index contributed by atoms with van der Waals surface area (Å²) >= 11 is 7.13. The Morgan fingerprint density at radius 1 is 1.14 bits per heavy atom. The maximum Gasteiger partial charge on any atom is 0.135 e. The number of ether oxygens (including phenoxy) is 1. The fraction of sp³-hybridized carbons (Fsp3) is 0.625. The number of halogens is 2. The van der Waals surface area contributed by atoms with Crippen LogP contribution in [0.2, 0.25) is 0 Å². The van der Waals surface area contributed by atoms with E-state index in [9.17, 15) is 5.11 Å². The van der Waals surface area contributed by atoms with E-state index in [1.807, 2.05) is 12.1 Å². The Labute approximate surface area is 148 Å². The molecular formula is C16H22Br2N2O2. The van der Waals surface area contributed by atoms with E-state index >= 15 is 0 Å². The van der Waals surface area contributed by atoms with Crippen LogP contribution in [0.4, 0.5) is 0 Å². The third-order valence-electron chi connectivity index (χ3n) is 4.67. The minimum absolute atomic E-state index is 0.234. The molecule has 0 amide bonds. The second kappa shape index (κ2) is 7.62. The highest BCUT2D eigenvalue weighted by molar-refractivity contribution is 9.11. The maximum atomic E-state index is 10.7. The summed E-state index contributed by atoms with van der Waals surface area (Å²) in [5.41, 5.74) is 1.02. The Morgan fingerprint density at radius 2 is 1.77 bits per heavy atom. The Kier molecular flexibility index (Phi) is 5.79. The molecule has 22 heavy (non-hydrogen) atoms. The van der Waals surface area contributed by atoms with Gasteiger partial charge in [0.2, 0.25) is 0 Å². The van der Waals surface area contributed by atoms with E-state index in [2.05, 4.69) is 42.1 Å². The number of hydrogen-bond donors (Lipinski definition) is 2. The summed E-state index contributed by atoms with van der Waals surface area (Å²) in [6.07, 6.45) is 2.10. The summed E-state index contributed by atoms with van der Waals surface area (Å²) < 4.78 is 7.29. The number of phenolic OH excluding ortho intramolecular Hbond substituents is 1. The summed E-state index contributed by atoms with van der Waals surface area (Å²) in [4.78, 5) is 2.51. The summed E-state index contributed by atoms with van der Waals surface area (Å²) in [6.45, 7) is 5.68. The third-order valence-corrected chi connectivity index (χ3v) is 6.00. The smallest absolute Gasteiger partial charge is 0.135 e. The van der Waals surface area contributed by atoms with Crippen molar-refractivity contribution in [3.8, 4) is 5.75 Å². The molecule has 1 aromatic carbocycles. The lowest BCUT2D eigenvalue weighted by Gasteiger charge is -2.41. The van der Waals surface area contributed by atoms with Crippen LogP contribution in [0.25, 0.3) is 0 Å². The van der Waals surface area contributed by atoms with Gasteiger partial charge in [0.1, 0.15) is 5.75 Å². The molecule has 4 nitrogen and oxygen atoms in total. The summed E-state index contributed by atoms with van der Waals surface area (Å²) in [7, 11) is 0. The number of benzene rings is 1. The van der Waals surface area contributed by atoms with Crippen LogP contribution in [-0.2, 0) is 4.74 Å². The number of piperazine rings is 1. The first-order valence-corrected chi connectivity index (χ1v) is 9.46. The third kappa shape index (κ3) is 3.51. The first-order chi connectivity index (χ1) is 10.7. The quantitative estimate of drug-likeness (QED) is 0.767. The van der Waals surface area contributed by atoms with Crippen LogP contribution < -0.4 is 5.32 Å². The van der Waals surface area contributed by atoms with Gasteiger partial charge in [-0.1, -0.05) is 15.9 Å². The molecule has 3 rings (SSSR count). The van der Waals surface area contributed by atoms with E-state index in [1.54, 1.807) is 0 Å². The van der Waals surface area contributed by atoms with Crippen LogP contribution in [-0.4, -0.2) is 49.4 Å². The molecule has 0 unspecified atom stereocenters. The summed E-state index contributed by atoms with van der Waals surface area (Å²) in [6, 6.07) is 4.15. The van der Waals surface area contributed by atoms with Crippen molar-refractivity contribution in [2.24, 2.45) is 5.92 Å². The van der Waals surface area contributed by atoms with E-state index in [0.717, 1.165) is 66.7 Å². The molecule has 0 saturated carbocycles. The van der Waals surface area contributed by atoms with Gasteiger partial charge in [0.15, 0.2) is 0 Å². The van der Waals surface area contributed by atoms with Crippen LogP contribution >= 0.6 is 31.9 Å². The molecule has 1 aromatic rings. The minimum atomic E-state index is 0.234. The van der Waals surface area contributed by atoms with Crippen LogP contribution in [0.5, 0.6) is 5.75 Å². The molecule has 0 aromatic heterocycles. The van der Waals surface area contributed by atoms with E-state index in [-0.39, 0.29) is 6.04 Å². The van der Waals surface area contributed by atoms with Crippen molar-refractivity contribution in [3.05, 3.63) is 26.6 Å². The fourth-order valence-electron chi connectivity index (χ4n) is 3.55. The summed E-state index contributed by atoms with van der Waals surface area (Å²) in [5, 5.41) is 14.1. The Bertz CT molecular complexity index is 497. The molecule has 0 aliphatic carbocycles. The molecule has 2 saturated heterocycles. The number of aromatic hydroxyl groups is 1. The zero-order valence-electron chi connectivity index (χ0n) is 12.5. The van der Waals surface area contributed by atoms with Crippen molar-refractivity contribution < 1.29 is 9.84 Å². The predicted octanol–water partition coefficient (Wildman–Crippen LogP) is 3.29. The van der Waals surface area contributed by atoms with Crippen LogP contribution in [0, 0.1) is 5.92 Å². The SMILES string of the molecule is Oc1c(Br)ccc(Br)c1[C@@H](C1CCOCC1)N1CCNCC1. The van der Waals surface area contributed by atoms with Crippen molar-refractivity contribution in [1.82, 2.24) is 10.2 Å². The lowest BCUT2D eigenvalue weighted by atomic mass is 9.85. The van der Waals surface area contributed by atoms with Gasteiger partial charge < -0.3 is 15.2 Å². The van der Waals surface area contributed by atoms with E-state index < -0.39 is 0 Å². The fourth-order valence-corrected chi connectivity index (χ4v) is 4.45. The second-order valence-electron chi connectivity index (χ2n) is 5.97. The van der Waals surface area contributed by atoms with Gasteiger partial charge in [-0.3, -0.25) is 4.90 Å². The molecule has 2 fully saturated rings. The average Bonchev–Trinajstić information content (AvgIpc) is 2.57. The Balaban J connectivity index is 1.98. The van der Waals surface area contributed by atoms with Crippen molar-refractivity contribution in [2.45, 2.75) is 18.9 Å². The molecule has 2 aliphatic heterocycles. The molecule has 0 bridgehead atoms. The Morgan fingerprint density at radius 3 is 2.45 bits per heavy atom. The standard InChI is InChI=1S/C16H22Br2N2O2/c17-12-1-2-13(18)16(21)14(12)15(11-3-9-22-10-4-11)20-7-5-19-6-8-20/h1-2,11,15,19,21H,3-10H2/t15-/m1/s1. The van der Waals surface area contributed by atoms with Gasteiger partial charge in [-0.2, -0.15) is 0 Å². The van der Waals surface area contributed by atoms with E-state index in [4.69, 9.17) is 4.74 Å². The largest absolute Gasteiger partial charge is 0.506 e. The van der Waals surface area contributed by atoms with Crippen molar-refractivity contribution in [1.29, 1.82) is 0 Å². The van der Waals surface area contributed by atoms with E-state index in [0.29, 0.717) is 11.7 Å². The van der Waals surface area contributed by atoms with Crippen molar-refractivity contribution in [3.63, 3.8) is 0 Å². The number of phenols is 1. The topological polar surface area (TPSA) is 44.7 Å². The zero-order valence-corrected chi connectivity index (χ0v) is 15.7. The van der Waals surface area contributed by atoms with Gasteiger partial charge in [0, 0.05) is 55.5 Å². The predicted molar refractivity (Wildman–Crippen MR) is 94.2 cm³/mol. The first-order valence-electron chi connectivity index (χ1n) is 7.88. The molecule has 2 aliphatic rings. The van der Waals surface area contributed by atoms with Crippen molar-refractivity contribution in [2.75, 3.05) is 39.4 Å². The summed E-state index contributed by atoms with van der Waals surface area (Å²) in [5.74, 6) is 0.882. The van der Waals surface area contributed by atoms with Crippen molar-refractivity contribution >= 4 is 31.9 Å². The van der Waals surface area contributed by atoms with Gasteiger partial charge in [0.05, 0.1) is 4.47 Å². The van der Waals surface area contributed by atoms with Gasteiger partial charge in [-0.15, -0.1) is 0 Å². The molecule has 2 N–H and O–H groups in total. The van der Waals surface area contributed by atoms with Crippen LogP contribution in [0.1, 0.15) is 24.4 Å². The highest BCUT2D eigenvalue weighted by Crippen LogP contribution is 2.45. The van der Waals surface area contributed by atoms with Gasteiger partial charge in [-0.05, 0) is 46.8 Å². The monoisotopic (exact) mass is 432 g/mol. The molecule has 0 radical (unpaired) electrons. The van der Waals surface area contributed by atoms with Crippen LogP contribution in [0.15, 0.2) is 21.1 Å². The molecular weight excluding hydrogens is 412 g/mol. The number of nitrogens with one attached hydrogen (secondary N) is 1. The van der Waals surface area contributed by atoms with Gasteiger partial charge in [0.25, 0.3) is 0 Å². The highest BCUT2D eigenvalue weighted by atomic mass is 79.9. The Hall–Kier alpha value is -0.140. The lowest BCUT2D eigenvalue weighted by Crippen LogP contribution is -2.47. The van der Waals surface area contributed by atoms with Gasteiger partial charge >= 0.3 is 0 Å². The number of hydrogen-bond acceptors (Lipinski definition) is 4. The molecule has 1 atom stereocenters. The molecule has 6 heteroatoms. The molecule has 0 spiro atoms. The maximum absolute atomic E-state index is 10.7. The van der Waals surface area contributed by atoms with Gasteiger partial charge in [-0.25, -0.2) is 0 Å². The zero-order chi connectivity index (χ0) is 15.5. The number of nitrogens with zero attached hydrogens (tertiary/aromatic N) is 1. The lowest BCUT2D eigenvalue weighted by molar-refractivity contribution is 0.0204. The second-order valence-corrected chi connectivity index (χ2v) is 7.68. The highest BCUT2D eigenvalue weighted by Gasteiger charge is 2.34. The average molecular weight is 434 g/mol. The molecule has 2 heterocycles. The molecule has 122 valence electrons. The normalized spacial score (nSPS) is 22.6. The first kappa shape index (κ1) is 16.7. The van der Waals surface area contributed by atoms with Crippen LogP contribution in [0.3, 0.4) is 0 Å². The number of rotatable bonds is 3. The van der Waals surface area contributed by atoms with E-state index in [1.165, 1.54) is 0 Å². The minimum Gasteiger partial charge on any atom is -0.506 e.